The number of nitrogens with zero attached hydrogens (tertiary/aromatic N) is 1. The summed E-state index contributed by atoms with van der Waals surface area (Å²) in [6, 6.07) is 0. The van der Waals surface area contributed by atoms with Crippen molar-refractivity contribution < 1.29 is 0 Å². The van der Waals surface area contributed by atoms with E-state index in [-0.39, 0.29) is 0 Å². The lowest BCUT2D eigenvalue weighted by atomic mass is 10.3. The van der Waals surface area contributed by atoms with Gasteiger partial charge in [-0.25, -0.2) is 5.53 Å². The highest BCUT2D eigenvalue weighted by atomic mass is 15.0. The van der Waals surface area contributed by atoms with Crippen molar-refractivity contribution in [1.29, 1.82) is 5.53 Å². The Kier molecular flexibility index (Phi) is 3.28. The third-order valence-electron chi connectivity index (χ3n) is 0.704. The summed E-state index contributed by atoms with van der Waals surface area (Å²) in [4.78, 5) is 0. The molecule has 48 valence electrons. The molecule has 0 amide bonds. The fourth-order valence-corrected chi connectivity index (χ4v) is 0.276. The molecule has 0 fully saturated rings. The van der Waals surface area contributed by atoms with Gasteiger partial charge in [-0.05, 0) is 13.0 Å². The normalized spacial score (nSPS) is 9.44. The highest BCUT2D eigenvalue weighted by Gasteiger charge is 1.78. The van der Waals surface area contributed by atoms with E-state index >= 15 is 0 Å². The van der Waals surface area contributed by atoms with Gasteiger partial charge in [0.15, 0.2) is 0 Å². The van der Waals surface area contributed by atoms with Gasteiger partial charge in [-0.2, -0.15) is 5.11 Å². The lowest BCUT2D eigenvalue weighted by Crippen LogP contribution is -1.64. The van der Waals surface area contributed by atoms with Gasteiger partial charge in [0.05, 0.1) is 5.70 Å². The summed E-state index contributed by atoms with van der Waals surface area (Å²) >= 11 is 0. The molecular weight excluding hydrogens is 112 g/mol. The maximum absolute atomic E-state index is 6.50. The third kappa shape index (κ3) is 4.68. The van der Waals surface area contributed by atoms with E-state index in [2.05, 4.69) is 18.3 Å². The van der Waals surface area contributed by atoms with E-state index in [4.69, 9.17) is 5.53 Å². The lowest BCUT2D eigenvalue weighted by Gasteiger charge is -1.84. The van der Waals surface area contributed by atoms with E-state index < -0.39 is 0 Å². The number of hydrogen-bond donors (Lipinski definition) is 1. The van der Waals surface area contributed by atoms with Crippen LogP contribution in [0, 0.1) is 5.53 Å². The largest absolute Gasteiger partial charge is 0.204 e. The molecule has 0 unspecified atom stereocenters. The first-order valence-electron chi connectivity index (χ1n) is 2.57. The van der Waals surface area contributed by atoms with Crippen LogP contribution in [0.5, 0.6) is 0 Å². The van der Waals surface area contributed by atoms with Crippen LogP contribution in [0.25, 0.3) is 0 Å². The minimum atomic E-state index is 0.443. The topological polar surface area (TPSA) is 36.2 Å². The maximum Gasteiger partial charge on any atom is 0.0778 e. The number of hydrogen-bond acceptors (Lipinski definition) is 2. The second kappa shape index (κ2) is 3.78. The Morgan fingerprint density at radius 2 is 2.00 bits per heavy atom. The molecule has 0 saturated carbocycles. The Balaban J connectivity index is 3.85. The zero-order valence-electron chi connectivity index (χ0n) is 5.52. The quantitative estimate of drug-likeness (QED) is 0.441. The molecule has 0 aromatic carbocycles. The van der Waals surface area contributed by atoms with Crippen LogP contribution < -0.4 is 0 Å². The standard InChI is InChI=1S/C7H10N2/c1-6(2)4-5-7(3)9-8/h4-5,8H,1,3H2,2H3/b5-4-,9-8?. The highest BCUT2D eigenvalue weighted by molar-refractivity contribution is 5.21. The molecule has 0 spiro atoms. The summed E-state index contributed by atoms with van der Waals surface area (Å²) in [7, 11) is 0. The molecule has 2 nitrogen and oxygen atoms in total. The van der Waals surface area contributed by atoms with Crippen LogP contribution >= 0.6 is 0 Å². The van der Waals surface area contributed by atoms with E-state index in [1.165, 1.54) is 0 Å². The molecule has 0 heterocycles. The molecule has 1 N–H and O–H groups in total. The molecule has 0 atom stereocenters. The Bertz CT molecular complexity index is 166. The van der Waals surface area contributed by atoms with Crippen molar-refractivity contribution in [3.8, 4) is 0 Å². The van der Waals surface area contributed by atoms with Crippen LogP contribution in [-0.4, -0.2) is 0 Å². The zero-order chi connectivity index (χ0) is 7.28. The van der Waals surface area contributed by atoms with Gasteiger partial charge in [-0.15, -0.1) is 0 Å². The molecule has 0 aromatic heterocycles. The fraction of sp³-hybridized carbons (Fsp3) is 0.143. The van der Waals surface area contributed by atoms with E-state index in [0.717, 1.165) is 5.57 Å². The Morgan fingerprint density at radius 1 is 1.44 bits per heavy atom. The van der Waals surface area contributed by atoms with Gasteiger partial charge >= 0.3 is 0 Å². The number of rotatable bonds is 3. The van der Waals surface area contributed by atoms with Gasteiger partial charge in [0, 0.05) is 0 Å². The molecular formula is C7H10N2. The summed E-state index contributed by atoms with van der Waals surface area (Å²) in [5.74, 6) is 0. The minimum Gasteiger partial charge on any atom is -0.204 e. The Labute approximate surface area is 55.1 Å². The SMILES string of the molecule is C=C(C)/C=C\C(=C)N=N. The number of nitrogens with one attached hydrogen (secondary N) is 1. The maximum atomic E-state index is 6.50. The smallest absolute Gasteiger partial charge is 0.0778 e. The van der Waals surface area contributed by atoms with Crippen LogP contribution in [0.4, 0.5) is 0 Å². The monoisotopic (exact) mass is 122 g/mol. The third-order valence-corrected chi connectivity index (χ3v) is 0.704. The molecule has 0 bridgehead atoms. The summed E-state index contributed by atoms with van der Waals surface area (Å²) < 4.78 is 0. The second-order valence-electron chi connectivity index (χ2n) is 1.78. The van der Waals surface area contributed by atoms with Gasteiger partial charge in [-0.1, -0.05) is 24.8 Å². The van der Waals surface area contributed by atoms with E-state index in [1.807, 2.05) is 6.92 Å². The predicted molar refractivity (Wildman–Crippen MR) is 38.2 cm³/mol. The average Bonchev–Trinajstić information content (AvgIpc) is 1.83. The van der Waals surface area contributed by atoms with Gasteiger partial charge in [0.25, 0.3) is 0 Å². The van der Waals surface area contributed by atoms with Gasteiger partial charge in [0.1, 0.15) is 0 Å². The molecule has 2 heteroatoms. The van der Waals surface area contributed by atoms with Gasteiger partial charge in [-0.3, -0.25) is 0 Å². The first-order chi connectivity index (χ1) is 4.16. The lowest BCUT2D eigenvalue weighted by molar-refractivity contribution is 1.10. The van der Waals surface area contributed by atoms with E-state index in [0.29, 0.717) is 5.70 Å². The van der Waals surface area contributed by atoms with Crippen molar-refractivity contribution >= 4 is 0 Å². The molecule has 0 aliphatic rings. The highest BCUT2D eigenvalue weighted by Crippen LogP contribution is 1.96. The zero-order valence-corrected chi connectivity index (χ0v) is 5.52. The molecule has 0 saturated heterocycles. The van der Waals surface area contributed by atoms with Gasteiger partial charge < -0.3 is 0 Å². The predicted octanol–water partition coefficient (Wildman–Crippen LogP) is 2.66. The van der Waals surface area contributed by atoms with Crippen LogP contribution in [0.1, 0.15) is 6.92 Å². The average molecular weight is 122 g/mol. The Morgan fingerprint density at radius 3 is 2.33 bits per heavy atom. The van der Waals surface area contributed by atoms with Crippen molar-refractivity contribution in [3.05, 3.63) is 36.6 Å². The molecule has 9 heavy (non-hydrogen) atoms. The van der Waals surface area contributed by atoms with Crippen LogP contribution in [0.2, 0.25) is 0 Å². The van der Waals surface area contributed by atoms with E-state index in [1.54, 1.807) is 12.2 Å². The van der Waals surface area contributed by atoms with Crippen LogP contribution in [0.15, 0.2) is 41.7 Å². The summed E-state index contributed by atoms with van der Waals surface area (Å²) in [6.07, 6.45) is 3.41. The van der Waals surface area contributed by atoms with E-state index in [9.17, 15) is 0 Å². The second-order valence-corrected chi connectivity index (χ2v) is 1.78. The summed E-state index contributed by atoms with van der Waals surface area (Å²) in [6.45, 7) is 8.96. The summed E-state index contributed by atoms with van der Waals surface area (Å²) in [5.41, 5.74) is 7.87. The van der Waals surface area contributed by atoms with Crippen molar-refractivity contribution in [2.75, 3.05) is 0 Å². The van der Waals surface area contributed by atoms with Crippen LogP contribution in [-0.2, 0) is 0 Å². The number of allylic oxidation sites excluding steroid dienone is 3. The first-order valence-corrected chi connectivity index (χ1v) is 2.57. The fourth-order valence-electron chi connectivity index (χ4n) is 0.276. The van der Waals surface area contributed by atoms with Gasteiger partial charge in [0.2, 0.25) is 0 Å². The molecule has 0 aliphatic heterocycles. The summed E-state index contributed by atoms with van der Waals surface area (Å²) in [5, 5.41) is 3.09. The minimum absolute atomic E-state index is 0.443. The van der Waals surface area contributed by atoms with Crippen molar-refractivity contribution in [3.63, 3.8) is 0 Å². The first kappa shape index (κ1) is 7.82. The van der Waals surface area contributed by atoms with Crippen LogP contribution in [0.3, 0.4) is 0 Å². The van der Waals surface area contributed by atoms with Crippen molar-refractivity contribution in [2.45, 2.75) is 6.92 Å². The van der Waals surface area contributed by atoms with Crippen molar-refractivity contribution in [2.24, 2.45) is 5.11 Å². The molecule has 0 aliphatic carbocycles. The molecule has 0 radical (unpaired) electrons. The van der Waals surface area contributed by atoms with Crippen molar-refractivity contribution in [1.82, 2.24) is 0 Å². The Hall–Kier alpha value is -1.18. The molecule has 0 aromatic rings. The molecule has 0 rings (SSSR count).